The molecule has 0 saturated carbocycles. The molecule has 2 heterocycles. The summed E-state index contributed by atoms with van der Waals surface area (Å²) in [5.41, 5.74) is 0.521. The van der Waals surface area contributed by atoms with Gasteiger partial charge in [-0.1, -0.05) is 0 Å². The number of amides is 1. The second kappa shape index (κ2) is 6.50. The minimum atomic E-state index is -0.0769. The van der Waals surface area contributed by atoms with Gasteiger partial charge in [-0.05, 0) is 24.3 Å². The van der Waals surface area contributed by atoms with Crippen LogP contribution >= 0.6 is 11.3 Å². The Balaban J connectivity index is 1.70. The number of nitrogens with zero attached hydrogens (tertiary/aromatic N) is 1. The third-order valence-corrected chi connectivity index (χ3v) is 3.65. The van der Waals surface area contributed by atoms with Crippen molar-refractivity contribution in [2.75, 3.05) is 25.0 Å². The number of rotatable bonds is 5. The second-order valence-corrected chi connectivity index (χ2v) is 5.10. The zero-order valence-electron chi connectivity index (χ0n) is 10.0. The van der Waals surface area contributed by atoms with E-state index in [9.17, 15) is 4.79 Å². The predicted octanol–water partition coefficient (Wildman–Crippen LogP) is 0.301. The zero-order chi connectivity index (χ0) is 12.8. The third kappa shape index (κ3) is 3.53. The lowest BCUT2D eigenvalue weighted by atomic mass is 10.2. The van der Waals surface area contributed by atoms with E-state index in [1.165, 1.54) is 11.3 Å². The first-order valence-electron chi connectivity index (χ1n) is 6.00. The first-order chi connectivity index (χ1) is 8.79. The van der Waals surface area contributed by atoms with Crippen molar-refractivity contribution in [3.05, 3.63) is 17.0 Å². The lowest BCUT2D eigenvalue weighted by Gasteiger charge is -2.07. The summed E-state index contributed by atoms with van der Waals surface area (Å²) in [4.78, 5) is 11.7. The lowest BCUT2D eigenvalue weighted by Crippen LogP contribution is -2.88. The SMILES string of the molecule is N#Cc1ccsc1NC(=O)C[NH2+]C[C@H]1CCCO1. The van der Waals surface area contributed by atoms with E-state index in [1.54, 1.807) is 11.4 Å². The van der Waals surface area contributed by atoms with Gasteiger partial charge in [0, 0.05) is 6.61 Å². The van der Waals surface area contributed by atoms with Crippen LogP contribution in [0.5, 0.6) is 0 Å². The molecule has 0 aliphatic carbocycles. The Morgan fingerprint density at radius 3 is 3.33 bits per heavy atom. The van der Waals surface area contributed by atoms with Crippen molar-refractivity contribution in [1.29, 1.82) is 5.26 Å². The second-order valence-electron chi connectivity index (χ2n) is 4.19. The first-order valence-corrected chi connectivity index (χ1v) is 6.88. The van der Waals surface area contributed by atoms with Crippen LogP contribution in [-0.2, 0) is 9.53 Å². The monoisotopic (exact) mass is 266 g/mol. The zero-order valence-corrected chi connectivity index (χ0v) is 10.8. The fourth-order valence-corrected chi connectivity index (χ4v) is 2.66. The van der Waals surface area contributed by atoms with Crippen molar-refractivity contribution in [1.82, 2.24) is 0 Å². The number of ether oxygens (including phenoxy) is 1. The summed E-state index contributed by atoms with van der Waals surface area (Å²) >= 11 is 1.37. The molecule has 1 aromatic heterocycles. The van der Waals surface area contributed by atoms with E-state index in [1.807, 2.05) is 11.4 Å². The summed E-state index contributed by atoms with van der Waals surface area (Å²) in [6.07, 6.45) is 2.49. The molecule has 0 aromatic carbocycles. The van der Waals surface area contributed by atoms with Gasteiger partial charge >= 0.3 is 0 Å². The number of nitrogens with two attached hydrogens (primary N) is 1. The Bertz CT molecular complexity index is 446. The number of nitrogens with one attached hydrogen (secondary N) is 1. The normalized spacial score (nSPS) is 18.5. The molecule has 1 aromatic rings. The van der Waals surface area contributed by atoms with E-state index >= 15 is 0 Å². The highest BCUT2D eigenvalue weighted by atomic mass is 32.1. The van der Waals surface area contributed by atoms with Gasteiger partial charge in [-0.25, -0.2) is 0 Å². The summed E-state index contributed by atoms with van der Waals surface area (Å²) in [6, 6.07) is 3.75. The average molecular weight is 266 g/mol. The first kappa shape index (κ1) is 13.0. The highest BCUT2D eigenvalue weighted by molar-refractivity contribution is 7.14. The fraction of sp³-hybridized carbons (Fsp3) is 0.500. The Morgan fingerprint density at radius 1 is 1.72 bits per heavy atom. The smallest absolute Gasteiger partial charge is 0.280 e. The Hall–Kier alpha value is -1.42. The maximum Gasteiger partial charge on any atom is 0.280 e. The van der Waals surface area contributed by atoms with Gasteiger partial charge < -0.3 is 15.4 Å². The summed E-state index contributed by atoms with van der Waals surface area (Å²) in [5.74, 6) is -0.0769. The number of anilines is 1. The lowest BCUT2D eigenvalue weighted by molar-refractivity contribution is -0.649. The quantitative estimate of drug-likeness (QED) is 0.804. The largest absolute Gasteiger partial charge is 0.372 e. The average Bonchev–Trinajstić information content (AvgIpc) is 3.00. The summed E-state index contributed by atoms with van der Waals surface area (Å²) in [5, 5.41) is 16.0. The number of carbonyl (C=O) groups excluding carboxylic acids is 1. The van der Waals surface area contributed by atoms with Crippen LogP contribution in [0.1, 0.15) is 18.4 Å². The Kier molecular flexibility index (Phi) is 4.70. The van der Waals surface area contributed by atoms with Crippen molar-refractivity contribution < 1.29 is 14.8 Å². The molecule has 1 atom stereocenters. The summed E-state index contributed by atoms with van der Waals surface area (Å²) in [7, 11) is 0. The summed E-state index contributed by atoms with van der Waals surface area (Å²) in [6.45, 7) is 2.02. The summed E-state index contributed by atoms with van der Waals surface area (Å²) < 4.78 is 5.47. The minimum absolute atomic E-state index is 0.0769. The van der Waals surface area contributed by atoms with Gasteiger partial charge in [0.05, 0.1) is 5.56 Å². The van der Waals surface area contributed by atoms with Crippen LogP contribution in [0.25, 0.3) is 0 Å². The van der Waals surface area contributed by atoms with Crippen LogP contribution in [0.15, 0.2) is 11.4 Å². The van der Waals surface area contributed by atoms with Crippen LogP contribution in [0.2, 0.25) is 0 Å². The molecule has 1 aliphatic rings. The molecule has 0 bridgehead atoms. The van der Waals surface area contributed by atoms with Gasteiger partial charge in [0.25, 0.3) is 5.91 Å². The van der Waals surface area contributed by atoms with Crippen LogP contribution in [-0.4, -0.2) is 31.7 Å². The van der Waals surface area contributed by atoms with Crippen LogP contribution in [0, 0.1) is 11.3 Å². The molecule has 0 spiro atoms. The van der Waals surface area contributed by atoms with E-state index in [2.05, 4.69) is 5.32 Å². The van der Waals surface area contributed by atoms with Gasteiger partial charge in [-0.2, -0.15) is 5.26 Å². The van der Waals surface area contributed by atoms with Gasteiger partial charge in [0.1, 0.15) is 23.7 Å². The van der Waals surface area contributed by atoms with Gasteiger partial charge in [-0.3, -0.25) is 4.79 Å². The van der Waals surface area contributed by atoms with Crippen LogP contribution in [0.3, 0.4) is 0 Å². The van der Waals surface area contributed by atoms with Crippen LogP contribution < -0.4 is 10.6 Å². The van der Waals surface area contributed by atoms with Crippen molar-refractivity contribution in [3.63, 3.8) is 0 Å². The number of quaternary nitrogens is 1. The van der Waals surface area contributed by atoms with Gasteiger partial charge in [-0.15, -0.1) is 11.3 Å². The molecule has 5 nitrogen and oxygen atoms in total. The molecule has 18 heavy (non-hydrogen) atoms. The van der Waals surface area contributed by atoms with Crippen molar-refractivity contribution in [2.45, 2.75) is 18.9 Å². The standard InChI is InChI=1S/C12H15N3O2S/c13-6-9-3-5-18-12(9)15-11(16)8-14-7-10-2-1-4-17-10/h3,5,10,14H,1-2,4,7-8H2,(H,15,16)/p+1/t10-/m1/s1. The van der Waals surface area contributed by atoms with E-state index in [0.29, 0.717) is 17.1 Å². The molecular weight excluding hydrogens is 250 g/mol. The minimum Gasteiger partial charge on any atom is -0.372 e. The highest BCUT2D eigenvalue weighted by Gasteiger charge is 2.17. The number of hydrogen-bond donors (Lipinski definition) is 2. The Morgan fingerprint density at radius 2 is 2.61 bits per heavy atom. The predicted molar refractivity (Wildman–Crippen MR) is 68.3 cm³/mol. The molecule has 96 valence electrons. The molecule has 1 aliphatic heterocycles. The molecule has 1 amide bonds. The Labute approximate surface area is 110 Å². The van der Waals surface area contributed by atoms with Crippen molar-refractivity contribution >= 4 is 22.2 Å². The van der Waals surface area contributed by atoms with E-state index in [4.69, 9.17) is 10.00 Å². The molecule has 0 radical (unpaired) electrons. The number of hydrogen-bond acceptors (Lipinski definition) is 4. The van der Waals surface area contributed by atoms with E-state index in [-0.39, 0.29) is 12.0 Å². The molecule has 1 saturated heterocycles. The molecule has 1 fully saturated rings. The highest BCUT2D eigenvalue weighted by Crippen LogP contribution is 2.21. The topological polar surface area (TPSA) is 78.7 Å². The van der Waals surface area contributed by atoms with Gasteiger partial charge in [0.15, 0.2) is 6.54 Å². The molecule has 2 rings (SSSR count). The number of thiophene rings is 1. The number of carbonyl (C=O) groups is 1. The van der Waals surface area contributed by atoms with Crippen LogP contribution in [0.4, 0.5) is 5.00 Å². The molecule has 0 unspecified atom stereocenters. The van der Waals surface area contributed by atoms with Crippen molar-refractivity contribution in [3.8, 4) is 6.07 Å². The fourth-order valence-electron chi connectivity index (χ4n) is 1.90. The molecule has 6 heteroatoms. The number of nitriles is 1. The van der Waals surface area contributed by atoms with E-state index in [0.717, 1.165) is 26.0 Å². The maximum atomic E-state index is 11.7. The third-order valence-electron chi connectivity index (χ3n) is 2.82. The van der Waals surface area contributed by atoms with Gasteiger partial charge in [0.2, 0.25) is 0 Å². The van der Waals surface area contributed by atoms with E-state index < -0.39 is 0 Å². The maximum absolute atomic E-state index is 11.7. The molecular formula is C12H16N3O2S+. The van der Waals surface area contributed by atoms with Crippen molar-refractivity contribution in [2.24, 2.45) is 0 Å². The molecule has 3 N–H and O–H groups in total.